The van der Waals surface area contributed by atoms with Crippen LogP contribution >= 0.6 is 0 Å². The van der Waals surface area contributed by atoms with E-state index in [1.165, 1.54) is 12.0 Å². The lowest BCUT2D eigenvalue weighted by molar-refractivity contribution is -0.120. The summed E-state index contributed by atoms with van der Waals surface area (Å²) in [6.45, 7) is 7.24. The molecule has 1 saturated carbocycles. The van der Waals surface area contributed by atoms with Crippen molar-refractivity contribution in [1.29, 1.82) is 0 Å². The van der Waals surface area contributed by atoms with Gasteiger partial charge >= 0.3 is 0 Å². The molecule has 0 bridgehead atoms. The number of carbonyl (C=O) groups is 1. The zero-order valence-corrected chi connectivity index (χ0v) is 12.2. The molecule has 0 aliphatic heterocycles. The highest BCUT2D eigenvalue weighted by Crippen LogP contribution is 2.25. The van der Waals surface area contributed by atoms with Crippen LogP contribution < -0.4 is 5.32 Å². The highest BCUT2D eigenvalue weighted by molar-refractivity contribution is 5.73. The molecule has 0 saturated heterocycles. The number of rotatable bonds is 6. The van der Waals surface area contributed by atoms with Gasteiger partial charge in [-0.1, -0.05) is 36.4 Å². The second-order valence-corrected chi connectivity index (χ2v) is 5.51. The highest BCUT2D eigenvalue weighted by Gasteiger charge is 2.32. The second-order valence-electron chi connectivity index (χ2n) is 5.51. The third kappa shape index (κ3) is 3.94. The van der Waals surface area contributed by atoms with Gasteiger partial charge in [-0.05, 0) is 24.8 Å². The van der Waals surface area contributed by atoms with Gasteiger partial charge in [0.05, 0.1) is 0 Å². The number of hydrogen-bond acceptors (Lipinski definition) is 2. The number of benzene rings is 1. The Morgan fingerprint density at radius 2 is 2.15 bits per heavy atom. The number of amides is 1. The standard InChI is InChI=1S/C17H24N2O/c1-3-12-19(13-15-8-5-4-6-9-15)17-11-7-10-16(17)18-14(2)20/h3-6,8-9,16-17H,1,7,10-13H2,2H3,(H,18,20)/t16-,17-/m1/s1. The molecule has 0 heterocycles. The molecule has 3 heteroatoms. The largest absolute Gasteiger partial charge is 0.352 e. The molecule has 1 aliphatic rings. The molecule has 1 aliphatic carbocycles. The lowest BCUT2D eigenvalue weighted by Crippen LogP contribution is -2.48. The van der Waals surface area contributed by atoms with Crippen molar-refractivity contribution in [1.82, 2.24) is 10.2 Å². The van der Waals surface area contributed by atoms with Gasteiger partial charge in [-0.25, -0.2) is 0 Å². The van der Waals surface area contributed by atoms with Gasteiger partial charge in [0.25, 0.3) is 0 Å². The quantitative estimate of drug-likeness (QED) is 0.808. The first-order chi connectivity index (χ1) is 9.70. The maximum absolute atomic E-state index is 11.3. The maximum Gasteiger partial charge on any atom is 0.217 e. The van der Waals surface area contributed by atoms with Gasteiger partial charge < -0.3 is 5.32 Å². The van der Waals surface area contributed by atoms with Crippen molar-refractivity contribution in [2.24, 2.45) is 0 Å². The van der Waals surface area contributed by atoms with Crippen LogP contribution in [0.5, 0.6) is 0 Å². The predicted octanol–water partition coefficient (Wildman–Crippen LogP) is 2.73. The molecule has 0 radical (unpaired) electrons. The summed E-state index contributed by atoms with van der Waals surface area (Å²) in [5.74, 6) is 0.0696. The van der Waals surface area contributed by atoms with Crippen molar-refractivity contribution in [2.45, 2.75) is 44.8 Å². The molecular weight excluding hydrogens is 248 g/mol. The summed E-state index contributed by atoms with van der Waals surface area (Å²) < 4.78 is 0. The van der Waals surface area contributed by atoms with E-state index >= 15 is 0 Å². The van der Waals surface area contributed by atoms with E-state index in [9.17, 15) is 4.79 Å². The first-order valence-electron chi connectivity index (χ1n) is 7.36. The fourth-order valence-corrected chi connectivity index (χ4v) is 3.11. The molecular formula is C17H24N2O. The van der Waals surface area contributed by atoms with Crippen LogP contribution in [0.4, 0.5) is 0 Å². The summed E-state index contributed by atoms with van der Waals surface area (Å²) in [7, 11) is 0. The Balaban J connectivity index is 2.07. The molecule has 108 valence electrons. The van der Waals surface area contributed by atoms with E-state index < -0.39 is 0 Å². The van der Waals surface area contributed by atoms with E-state index in [0.29, 0.717) is 6.04 Å². The molecule has 0 spiro atoms. The van der Waals surface area contributed by atoms with Gasteiger partial charge in [0, 0.05) is 32.1 Å². The minimum atomic E-state index is 0.0696. The van der Waals surface area contributed by atoms with Crippen LogP contribution in [0.25, 0.3) is 0 Å². The predicted molar refractivity (Wildman–Crippen MR) is 82.3 cm³/mol. The maximum atomic E-state index is 11.3. The molecule has 1 aromatic carbocycles. The average Bonchev–Trinajstić information content (AvgIpc) is 2.86. The van der Waals surface area contributed by atoms with E-state index in [-0.39, 0.29) is 11.9 Å². The Labute approximate surface area is 121 Å². The van der Waals surface area contributed by atoms with E-state index in [0.717, 1.165) is 25.9 Å². The fourth-order valence-electron chi connectivity index (χ4n) is 3.11. The van der Waals surface area contributed by atoms with Crippen molar-refractivity contribution in [2.75, 3.05) is 6.54 Å². The van der Waals surface area contributed by atoms with Gasteiger partial charge in [0.1, 0.15) is 0 Å². The Kier molecular flexibility index (Phi) is 5.36. The number of nitrogens with zero attached hydrogens (tertiary/aromatic N) is 1. The molecule has 0 unspecified atom stereocenters. The van der Waals surface area contributed by atoms with Gasteiger partial charge in [-0.2, -0.15) is 0 Å². The molecule has 3 nitrogen and oxygen atoms in total. The summed E-state index contributed by atoms with van der Waals surface area (Å²) in [6.07, 6.45) is 5.35. The lowest BCUT2D eigenvalue weighted by atomic mass is 10.1. The first-order valence-corrected chi connectivity index (χ1v) is 7.36. The topological polar surface area (TPSA) is 32.3 Å². The van der Waals surface area contributed by atoms with Crippen LogP contribution in [0.2, 0.25) is 0 Å². The Bertz CT molecular complexity index is 444. The summed E-state index contributed by atoms with van der Waals surface area (Å²) in [5.41, 5.74) is 1.31. The Hall–Kier alpha value is -1.61. The van der Waals surface area contributed by atoms with Crippen molar-refractivity contribution < 1.29 is 4.79 Å². The molecule has 2 rings (SSSR count). The first kappa shape index (κ1) is 14.8. The zero-order chi connectivity index (χ0) is 14.4. The lowest BCUT2D eigenvalue weighted by Gasteiger charge is -2.32. The minimum Gasteiger partial charge on any atom is -0.352 e. The molecule has 1 aromatic rings. The Morgan fingerprint density at radius 1 is 1.40 bits per heavy atom. The number of carbonyl (C=O) groups excluding carboxylic acids is 1. The summed E-state index contributed by atoms with van der Waals surface area (Å²) >= 11 is 0. The van der Waals surface area contributed by atoms with Gasteiger partial charge in [0.15, 0.2) is 0 Å². The van der Waals surface area contributed by atoms with E-state index in [4.69, 9.17) is 0 Å². The monoisotopic (exact) mass is 272 g/mol. The van der Waals surface area contributed by atoms with Gasteiger partial charge in [0.2, 0.25) is 5.91 Å². The average molecular weight is 272 g/mol. The van der Waals surface area contributed by atoms with Crippen LogP contribution in [0.3, 0.4) is 0 Å². The molecule has 20 heavy (non-hydrogen) atoms. The van der Waals surface area contributed by atoms with Crippen LogP contribution in [-0.4, -0.2) is 29.4 Å². The van der Waals surface area contributed by atoms with Crippen molar-refractivity contribution in [3.63, 3.8) is 0 Å². The number of hydrogen-bond donors (Lipinski definition) is 1. The molecule has 1 N–H and O–H groups in total. The third-order valence-corrected chi connectivity index (χ3v) is 3.93. The van der Waals surface area contributed by atoms with Gasteiger partial charge in [-0.3, -0.25) is 9.69 Å². The number of nitrogens with one attached hydrogen (secondary N) is 1. The molecule has 2 atom stereocenters. The van der Waals surface area contributed by atoms with Crippen LogP contribution in [0, 0.1) is 0 Å². The normalized spacial score (nSPS) is 21.9. The van der Waals surface area contributed by atoms with E-state index in [1.54, 1.807) is 6.92 Å². The Morgan fingerprint density at radius 3 is 2.80 bits per heavy atom. The fraction of sp³-hybridized carbons (Fsp3) is 0.471. The van der Waals surface area contributed by atoms with Crippen molar-refractivity contribution in [3.05, 3.63) is 48.6 Å². The van der Waals surface area contributed by atoms with Crippen LogP contribution in [-0.2, 0) is 11.3 Å². The van der Waals surface area contributed by atoms with Gasteiger partial charge in [-0.15, -0.1) is 6.58 Å². The third-order valence-electron chi connectivity index (χ3n) is 3.93. The summed E-state index contributed by atoms with van der Waals surface area (Å²) in [4.78, 5) is 13.8. The van der Waals surface area contributed by atoms with E-state index in [2.05, 4.69) is 41.1 Å². The van der Waals surface area contributed by atoms with Crippen molar-refractivity contribution >= 4 is 5.91 Å². The minimum absolute atomic E-state index is 0.0696. The SMILES string of the molecule is C=CCN(Cc1ccccc1)[C@@H]1CCC[C@H]1NC(C)=O. The zero-order valence-electron chi connectivity index (χ0n) is 12.2. The van der Waals surface area contributed by atoms with E-state index in [1.807, 2.05) is 12.1 Å². The summed E-state index contributed by atoms with van der Waals surface area (Å²) in [6, 6.07) is 11.2. The molecule has 0 aromatic heterocycles. The van der Waals surface area contributed by atoms with Crippen LogP contribution in [0.15, 0.2) is 43.0 Å². The van der Waals surface area contributed by atoms with Crippen molar-refractivity contribution in [3.8, 4) is 0 Å². The van der Waals surface area contributed by atoms with Crippen LogP contribution in [0.1, 0.15) is 31.7 Å². The summed E-state index contributed by atoms with van der Waals surface area (Å²) in [5, 5.41) is 3.10. The smallest absolute Gasteiger partial charge is 0.217 e. The second kappa shape index (κ2) is 7.25. The molecule has 1 fully saturated rings. The highest BCUT2D eigenvalue weighted by atomic mass is 16.1. The molecule has 1 amide bonds.